The molecule has 0 saturated heterocycles. The topological polar surface area (TPSA) is 54.3 Å². The number of rotatable bonds is 8. The number of amides is 1. The van der Waals surface area contributed by atoms with Gasteiger partial charge in [-0.1, -0.05) is 37.3 Å². The molecule has 122 valence electrons. The maximum Gasteiger partial charge on any atom is 0.233 e. The van der Waals surface area contributed by atoms with Gasteiger partial charge in [0.25, 0.3) is 0 Å². The van der Waals surface area contributed by atoms with E-state index in [1.54, 1.807) is 0 Å². The monoisotopic (exact) mass is 312 g/mol. The van der Waals surface area contributed by atoms with Crippen molar-refractivity contribution in [1.82, 2.24) is 10.6 Å². The Bertz CT molecular complexity index is 636. The van der Waals surface area contributed by atoms with Crippen LogP contribution in [0.1, 0.15) is 36.3 Å². The van der Waals surface area contributed by atoms with Crippen LogP contribution in [0, 0.1) is 5.92 Å². The van der Waals surface area contributed by atoms with E-state index in [1.807, 2.05) is 24.3 Å². The molecule has 1 aromatic heterocycles. The Balaban J connectivity index is 1.31. The van der Waals surface area contributed by atoms with Crippen molar-refractivity contribution in [2.75, 3.05) is 13.1 Å². The Morgan fingerprint density at radius 3 is 2.74 bits per heavy atom. The van der Waals surface area contributed by atoms with E-state index in [0.29, 0.717) is 25.6 Å². The van der Waals surface area contributed by atoms with Gasteiger partial charge in [-0.3, -0.25) is 4.79 Å². The van der Waals surface area contributed by atoms with Crippen LogP contribution in [0.15, 0.2) is 46.9 Å². The summed E-state index contributed by atoms with van der Waals surface area (Å²) in [4.78, 5) is 11.8. The predicted molar refractivity (Wildman–Crippen MR) is 90.1 cm³/mol. The molecule has 2 unspecified atom stereocenters. The Hall–Kier alpha value is -2.07. The average molecular weight is 312 g/mol. The lowest BCUT2D eigenvalue weighted by atomic mass is 10.1. The van der Waals surface area contributed by atoms with Gasteiger partial charge in [0.1, 0.15) is 11.5 Å². The summed E-state index contributed by atoms with van der Waals surface area (Å²) in [5.41, 5.74) is 1.23. The largest absolute Gasteiger partial charge is 0.464 e. The van der Waals surface area contributed by atoms with Crippen LogP contribution in [0.25, 0.3) is 0 Å². The molecule has 1 aromatic carbocycles. The quantitative estimate of drug-likeness (QED) is 0.788. The second kappa shape index (κ2) is 7.47. The Kier molecular flexibility index (Phi) is 5.13. The van der Waals surface area contributed by atoms with Crippen molar-refractivity contribution >= 4 is 5.91 Å². The normalized spacial score (nSPS) is 19.5. The van der Waals surface area contributed by atoms with Gasteiger partial charge < -0.3 is 15.1 Å². The van der Waals surface area contributed by atoms with Crippen LogP contribution in [0.3, 0.4) is 0 Å². The Labute approximate surface area is 137 Å². The molecule has 4 nitrogen and oxygen atoms in total. The molecule has 1 aliphatic carbocycles. The molecule has 0 radical (unpaired) electrons. The SMILES string of the molecule is CC1CC1c1ccc(CNCC(=O)NCCc2ccccc2)o1. The Morgan fingerprint density at radius 2 is 2.00 bits per heavy atom. The van der Waals surface area contributed by atoms with E-state index in [2.05, 4.69) is 35.8 Å². The van der Waals surface area contributed by atoms with Gasteiger partial charge in [0.2, 0.25) is 5.91 Å². The highest BCUT2D eigenvalue weighted by molar-refractivity contribution is 5.77. The van der Waals surface area contributed by atoms with Crippen LogP contribution in [0.4, 0.5) is 0 Å². The van der Waals surface area contributed by atoms with E-state index in [1.165, 1.54) is 12.0 Å². The highest BCUT2D eigenvalue weighted by Gasteiger charge is 2.36. The van der Waals surface area contributed by atoms with Crippen LogP contribution in [0.2, 0.25) is 0 Å². The first-order valence-corrected chi connectivity index (χ1v) is 8.32. The molecule has 0 aliphatic heterocycles. The number of hydrogen-bond donors (Lipinski definition) is 2. The standard InChI is InChI=1S/C19H24N2O2/c1-14-11-17(14)18-8-7-16(23-18)12-20-13-19(22)21-10-9-15-5-3-2-4-6-15/h2-8,14,17,20H,9-13H2,1H3,(H,21,22). The minimum atomic E-state index is 0.0172. The van der Waals surface area contributed by atoms with Crippen molar-refractivity contribution in [1.29, 1.82) is 0 Å². The lowest BCUT2D eigenvalue weighted by molar-refractivity contribution is -0.120. The summed E-state index contributed by atoms with van der Waals surface area (Å²) in [7, 11) is 0. The molecule has 1 fully saturated rings. The van der Waals surface area contributed by atoms with Gasteiger partial charge in [-0.25, -0.2) is 0 Å². The second-order valence-electron chi connectivity index (χ2n) is 6.31. The molecule has 4 heteroatoms. The van der Waals surface area contributed by atoms with Crippen LogP contribution in [0.5, 0.6) is 0 Å². The van der Waals surface area contributed by atoms with E-state index < -0.39 is 0 Å². The summed E-state index contributed by atoms with van der Waals surface area (Å²) in [5.74, 6) is 3.35. The fourth-order valence-corrected chi connectivity index (χ4v) is 2.76. The maximum absolute atomic E-state index is 11.8. The first-order chi connectivity index (χ1) is 11.2. The number of furan rings is 1. The minimum absolute atomic E-state index is 0.0172. The molecule has 1 amide bonds. The number of benzene rings is 1. The van der Waals surface area contributed by atoms with E-state index in [-0.39, 0.29) is 5.91 Å². The van der Waals surface area contributed by atoms with Crippen molar-refractivity contribution in [2.45, 2.75) is 32.2 Å². The molecule has 1 heterocycles. The van der Waals surface area contributed by atoms with E-state index in [4.69, 9.17) is 4.42 Å². The van der Waals surface area contributed by atoms with Crippen molar-refractivity contribution in [3.8, 4) is 0 Å². The first kappa shape index (κ1) is 15.8. The van der Waals surface area contributed by atoms with Gasteiger partial charge in [0.05, 0.1) is 13.1 Å². The third kappa shape index (κ3) is 4.70. The molecule has 2 atom stereocenters. The molecule has 2 N–H and O–H groups in total. The molecular weight excluding hydrogens is 288 g/mol. The summed E-state index contributed by atoms with van der Waals surface area (Å²) < 4.78 is 5.80. The van der Waals surface area contributed by atoms with Gasteiger partial charge in [-0.05, 0) is 36.5 Å². The smallest absolute Gasteiger partial charge is 0.233 e. The Morgan fingerprint density at radius 1 is 1.22 bits per heavy atom. The van der Waals surface area contributed by atoms with Crippen LogP contribution < -0.4 is 10.6 Å². The highest BCUT2D eigenvalue weighted by Crippen LogP contribution is 2.47. The number of carbonyl (C=O) groups is 1. The number of hydrogen-bond acceptors (Lipinski definition) is 3. The van der Waals surface area contributed by atoms with E-state index >= 15 is 0 Å². The van der Waals surface area contributed by atoms with Crippen molar-refractivity contribution in [3.63, 3.8) is 0 Å². The molecule has 0 bridgehead atoms. The minimum Gasteiger partial charge on any atom is -0.464 e. The predicted octanol–water partition coefficient (Wildman–Crippen LogP) is 2.85. The van der Waals surface area contributed by atoms with Crippen molar-refractivity contribution in [3.05, 3.63) is 59.5 Å². The third-order valence-corrected chi connectivity index (χ3v) is 4.32. The molecular formula is C19H24N2O2. The fraction of sp³-hybridized carbons (Fsp3) is 0.421. The van der Waals surface area contributed by atoms with Crippen LogP contribution in [-0.2, 0) is 17.8 Å². The summed E-state index contributed by atoms with van der Waals surface area (Å²) in [5, 5.41) is 6.05. The summed E-state index contributed by atoms with van der Waals surface area (Å²) >= 11 is 0. The summed E-state index contributed by atoms with van der Waals surface area (Å²) in [6.07, 6.45) is 2.08. The van der Waals surface area contributed by atoms with Crippen LogP contribution in [-0.4, -0.2) is 19.0 Å². The zero-order valence-corrected chi connectivity index (χ0v) is 13.5. The first-order valence-electron chi connectivity index (χ1n) is 8.32. The molecule has 1 aliphatic rings. The third-order valence-electron chi connectivity index (χ3n) is 4.32. The molecule has 0 spiro atoms. The maximum atomic E-state index is 11.8. The number of carbonyl (C=O) groups excluding carboxylic acids is 1. The van der Waals surface area contributed by atoms with Gasteiger partial charge >= 0.3 is 0 Å². The van der Waals surface area contributed by atoms with Crippen molar-refractivity contribution in [2.24, 2.45) is 5.92 Å². The highest BCUT2D eigenvalue weighted by atomic mass is 16.3. The fourth-order valence-electron chi connectivity index (χ4n) is 2.76. The lowest BCUT2D eigenvalue weighted by Gasteiger charge is -2.06. The van der Waals surface area contributed by atoms with Crippen LogP contribution >= 0.6 is 0 Å². The average Bonchev–Trinajstić information content (AvgIpc) is 3.09. The van der Waals surface area contributed by atoms with Gasteiger partial charge in [0.15, 0.2) is 0 Å². The molecule has 23 heavy (non-hydrogen) atoms. The summed E-state index contributed by atoms with van der Waals surface area (Å²) in [6.45, 7) is 3.80. The number of nitrogens with one attached hydrogen (secondary N) is 2. The second-order valence-corrected chi connectivity index (χ2v) is 6.31. The van der Waals surface area contributed by atoms with E-state index in [0.717, 1.165) is 23.9 Å². The molecule has 1 saturated carbocycles. The molecule has 2 aromatic rings. The zero-order valence-electron chi connectivity index (χ0n) is 13.5. The van der Waals surface area contributed by atoms with Gasteiger partial charge in [-0.2, -0.15) is 0 Å². The summed E-state index contributed by atoms with van der Waals surface area (Å²) in [6, 6.07) is 14.2. The van der Waals surface area contributed by atoms with E-state index in [9.17, 15) is 4.79 Å². The van der Waals surface area contributed by atoms with Crippen molar-refractivity contribution < 1.29 is 9.21 Å². The molecule has 3 rings (SSSR count). The van der Waals surface area contributed by atoms with Gasteiger partial charge in [0, 0.05) is 12.5 Å². The zero-order chi connectivity index (χ0) is 16.1. The van der Waals surface area contributed by atoms with Gasteiger partial charge in [-0.15, -0.1) is 0 Å². The lowest BCUT2D eigenvalue weighted by Crippen LogP contribution is -2.34.